The largest absolute Gasteiger partial charge is 0.494 e. The minimum atomic E-state index is -0.988. The van der Waals surface area contributed by atoms with Crippen LogP contribution in [0.5, 0.6) is 5.75 Å². The fourth-order valence-corrected chi connectivity index (χ4v) is 3.27. The molecule has 0 spiro atoms. The van der Waals surface area contributed by atoms with Crippen LogP contribution in [-0.2, 0) is 9.59 Å². The van der Waals surface area contributed by atoms with Crippen molar-refractivity contribution in [1.29, 1.82) is 0 Å². The summed E-state index contributed by atoms with van der Waals surface area (Å²) in [6.07, 6.45) is 1.45. The number of aromatic nitrogens is 1. The van der Waals surface area contributed by atoms with Crippen molar-refractivity contribution in [1.82, 2.24) is 9.99 Å². The number of amides is 2. The maximum Gasteiger partial charge on any atom is 0.335 e. The van der Waals surface area contributed by atoms with E-state index in [9.17, 15) is 14.4 Å². The van der Waals surface area contributed by atoms with Crippen LogP contribution in [0.25, 0.3) is 5.69 Å². The normalized spacial score (nSPS) is 10.8. The third kappa shape index (κ3) is 5.65. The molecule has 3 aromatic rings. The molecule has 170 valence electrons. The maximum absolute atomic E-state index is 12.1. The summed E-state index contributed by atoms with van der Waals surface area (Å²) < 4.78 is 7.27. The molecule has 0 saturated carbocycles. The number of nitrogens with zero attached hydrogens (tertiary/aromatic N) is 2. The van der Waals surface area contributed by atoms with Gasteiger partial charge in [0.15, 0.2) is 0 Å². The van der Waals surface area contributed by atoms with Gasteiger partial charge in [0.1, 0.15) is 5.75 Å². The summed E-state index contributed by atoms with van der Waals surface area (Å²) in [6.45, 7) is 6.18. The molecule has 1 heterocycles. The van der Waals surface area contributed by atoms with E-state index in [0.29, 0.717) is 18.0 Å². The molecule has 2 amide bonds. The zero-order valence-electron chi connectivity index (χ0n) is 18.5. The summed E-state index contributed by atoms with van der Waals surface area (Å²) in [5.74, 6) is -2.07. The lowest BCUT2D eigenvalue weighted by Gasteiger charge is -2.09. The van der Waals surface area contributed by atoms with Gasteiger partial charge in [-0.05, 0) is 75.4 Å². The summed E-state index contributed by atoms with van der Waals surface area (Å²) in [5.41, 5.74) is 6.16. The second-order valence-electron chi connectivity index (χ2n) is 7.12. The van der Waals surface area contributed by atoms with E-state index in [0.717, 1.165) is 22.6 Å². The summed E-state index contributed by atoms with van der Waals surface area (Å²) in [5, 5.41) is 15.4. The number of hydrogen-bond acceptors (Lipinski definition) is 5. The Balaban J connectivity index is 1.63. The highest BCUT2D eigenvalue weighted by Gasteiger charge is 2.14. The Kier molecular flexibility index (Phi) is 7.24. The molecule has 9 heteroatoms. The van der Waals surface area contributed by atoms with E-state index in [-0.39, 0.29) is 5.56 Å². The maximum atomic E-state index is 12.1. The highest BCUT2D eigenvalue weighted by Crippen LogP contribution is 2.20. The fourth-order valence-electron chi connectivity index (χ4n) is 3.27. The van der Waals surface area contributed by atoms with Crippen LogP contribution in [0.2, 0.25) is 0 Å². The molecule has 0 aliphatic carbocycles. The minimum absolute atomic E-state index is 0.203. The Morgan fingerprint density at radius 2 is 1.70 bits per heavy atom. The van der Waals surface area contributed by atoms with Crippen molar-refractivity contribution in [2.75, 3.05) is 11.9 Å². The number of anilines is 1. The van der Waals surface area contributed by atoms with Gasteiger partial charge in [0, 0.05) is 28.3 Å². The molecule has 0 saturated heterocycles. The Bertz CT molecular complexity index is 1190. The number of benzene rings is 2. The van der Waals surface area contributed by atoms with E-state index < -0.39 is 17.8 Å². The van der Waals surface area contributed by atoms with Gasteiger partial charge in [-0.15, -0.1) is 0 Å². The number of hydrazone groups is 1. The number of carbonyl (C=O) groups excluding carboxylic acids is 2. The van der Waals surface area contributed by atoms with Gasteiger partial charge >= 0.3 is 17.8 Å². The Morgan fingerprint density at radius 3 is 2.30 bits per heavy atom. The van der Waals surface area contributed by atoms with E-state index in [2.05, 4.69) is 15.8 Å². The summed E-state index contributed by atoms with van der Waals surface area (Å²) >= 11 is 0. The Labute approximate surface area is 190 Å². The summed E-state index contributed by atoms with van der Waals surface area (Å²) in [7, 11) is 0. The molecule has 33 heavy (non-hydrogen) atoms. The van der Waals surface area contributed by atoms with Crippen LogP contribution in [0, 0.1) is 13.8 Å². The molecule has 3 N–H and O–H groups in total. The van der Waals surface area contributed by atoms with Crippen molar-refractivity contribution in [3.8, 4) is 11.4 Å². The summed E-state index contributed by atoms with van der Waals surface area (Å²) in [6, 6.07) is 15.0. The standard InChI is InChI=1S/C24H24N4O5/c1-4-33-21-11-7-19(8-12-21)26-22(29)23(30)27-25-14-18-13-15(2)28(16(18)3)20-9-5-17(6-10-20)24(31)32/h5-14H,4H2,1-3H3,(H,26,29)(H,27,30)(H,31,32)/b25-14+. The van der Waals surface area contributed by atoms with Crippen molar-refractivity contribution in [2.45, 2.75) is 20.8 Å². The first-order chi connectivity index (χ1) is 15.8. The van der Waals surface area contributed by atoms with Gasteiger partial charge in [-0.3, -0.25) is 9.59 Å². The average molecular weight is 448 g/mol. The van der Waals surface area contributed by atoms with Gasteiger partial charge in [0.2, 0.25) is 0 Å². The average Bonchev–Trinajstić information content (AvgIpc) is 3.08. The number of rotatable bonds is 7. The highest BCUT2D eigenvalue weighted by atomic mass is 16.5. The van der Waals surface area contributed by atoms with Crippen LogP contribution >= 0.6 is 0 Å². The molecule has 0 bridgehead atoms. The molecular weight excluding hydrogens is 424 g/mol. The van der Waals surface area contributed by atoms with Gasteiger partial charge in [-0.2, -0.15) is 5.10 Å². The van der Waals surface area contributed by atoms with Crippen molar-refractivity contribution >= 4 is 29.7 Å². The second-order valence-corrected chi connectivity index (χ2v) is 7.12. The number of aryl methyl sites for hydroxylation is 1. The first-order valence-electron chi connectivity index (χ1n) is 10.2. The number of carbonyl (C=O) groups is 3. The zero-order valence-corrected chi connectivity index (χ0v) is 18.5. The molecule has 0 unspecified atom stereocenters. The number of aromatic carboxylic acids is 1. The fraction of sp³-hybridized carbons (Fsp3) is 0.167. The van der Waals surface area contributed by atoms with Gasteiger partial charge in [-0.25, -0.2) is 10.2 Å². The SMILES string of the molecule is CCOc1ccc(NC(=O)C(=O)N/N=C/c2cc(C)n(-c3ccc(C(=O)O)cc3)c2C)cc1. The molecule has 0 aliphatic heterocycles. The Morgan fingerprint density at radius 1 is 1.03 bits per heavy atom. The lowest BCUT2D eigenvalue weighted by molar-refractivity contribution is -0.136. The van der Waals surface area contributed by atoms with E-state index in [4.69, 9.17) is 9.84 Å². The number of nitrogens with one attached hydrogen (secondary N) is 2. The third-order valence-corrected chi connectivity index (χ3v) is 4.84. The van der Waals surface area contributed by atoms with Crippen molar-refractivity contribution in [3.63, 3.8) is 0 Å². The first kappa shape index (κ1) is 23.3. The van der Waals surface area contributed by atoms with Crippen molar-refractivity contribution in [2.24, 2.45) is 5.10 Å². The van der Waals surface area contributed by atoms with Crippen LogP contribution in [0.4, 0.5) is 5.69 Å². The van der Waals surface area contributed by atoms with Crippen molar-refractivity contribution in [3.05, 3.63) is 77.1 Å². The van der Waals surface area contributed by atoms with E-state index >= 15 is 0 Å². The molecule has 9 nitrogen and oxygen atoms in total. The van der Waals surface area contributed by atoms with Gasteiger partial charge < -0.3 is 19.7 Å². The topological polar surface area (TPSA) is 122 Å². The molecule has 0 atom stereocenters. The number of carboxylic acids is 1. The van der Waals surface area contributed by atoms with Crippen LogP contribution < -0.4 is 15.5 Å². The minimum Gasteiger partial charge on any atom is -0.494 e. The molecule has 1 aromatic heterocycles. The second kappa shape index (κ2) is 10.3. The quantitative estimate of drug-likeness (QED) is 0.291. The smallest absolute Gasteiger partial charge is 0.335 e. The molecular formula is C24H24N4O5. The number of ether oxygens (including phenoxy) is 1. The highest BCUT2D eigenvalue weighted by molar-refractivity contribution is 6.39. The van der Waals surface area contributed by atoms with Crippen LogP contribution in [0.1, 0.15) is 34.2 Å². The molecule has 0 radical (unpaired) electrons. The van der Waals surface area contributed by atoms with Crippen LogP contribution in [0.15, 0.2) is 59.7 Å². The van der Waals surface area contributed by atoms with E-state index in [1.165, 1.54) is 18.3 Å². The predicted octanol–water partition coefficient (Wildman–Crippen LogP) is 3.28. The summed E-state index contributed by atoms with van der Waals surface area (Å²) in [4.78, 5) is 35.2. The lowest BCUT2D eigenvalue weighted by Crippen LogP contribution is -2.32. The third-order valence-electron chi connectivity index (χ3n) is 4.84. The Hall–Kier alpha value is -4.40. The van der Waals surface area contributed by atoms with E-state index in [1.54, 1.807) is 36.4 Å². The molecule has 0 fully saturated rings. The number of carboxylic acid groups (broad SMARTS) is 1. The van der Waals surface area contributed by atoms with Gasteiger partial charge in [-0.1, -0.05) is 0 Å². The van der Waals surface area contributed by atoms with Gasteiger partial charge in [0.05, 0.1) is 18.4 Å². The molecule has 2 aromatic carbocycles. The number of hydrogen-bond donors (Lipinski definition) is 3. The van der Waals surface area contributed by atoms with Crippen LogP contribution in [-0.4, -0.2) is 40.3 Å². The molecule has 3 rings (SSSR count). The van der Waals surface area contributed by atoms with E-state index in [1.807, 2.05) is 31.4 Å². The monoisotopic (exact) mass is 448 g/mol. The molecule has 0 aliphatic rings. The lowest BCUT2D eigenvalue weighted by atomic mass is 10.2. The van der Waals surface area contributed by atoms with Crippen molar-refractivity contribution < 1.29 is 24.2 Å². The first-order valence-corrected chi connectivity index (χ1v) is 10.2. The predicted molar refractivity (Wildman–Crippen MR) is 124 cm³/mol. The zero-order chi connectivity index (χ0) is 24.0. The van der Waals surface area contributed by atoms with Gasteiger partial charge in [0.25, 0.3) is 0 Å². The van der Waals surface area contributed by atoms with Crippen LogP contribution in [0.3, 0.4) is 0 Å².